The van der Waals surface area contributed by atoms with Crippen LogP contribution in [-0.2, 0) is 14.3 Å². The maximum atomic E-state index is 12.5. The molecule has 0 radical (unpaired) electrons. The van der Waals surface area contributed by atoms with Crippen LogP contribution in [0.15, 0.2) is 0 Å². The molecule has 8 bridgehead atoms. The van der Waals surface area contributed by atoms with Crippen molar-refractivity contribution in [1.29, 1.82) is 0 Å². The van der Waals surface area contributed by atoms with Gasteiger partial charge in [0.2, 0.25) is 0 Å². The third kappa shape index (κ3) is 3.89. The Labute approximate surface area is 184 Å². The minimum Gasteiger partial charge on any atom is -0.456 e. The molecule has 0 heterocycles. The van der Waals surface area contributed by atoms with Crippen LogP contribution in [0.5, 0.6) is 0 Å². The molecule has 8 fully saturated rings. The quantitative estimate of drug-likeness (QED) is 0.650. The first-order valence-corrected chi connectivity index (χ1v) is 12.6. The first kappa shape index (κ1) is 20.0. The van der Waals surface area contributed by atoms with Crippen LogP contribution in [0.1, 0.15) is 83.5 Å². The first-order chi connectivity index (χ1) is 14.9. The van der Waals surface area contributed by atoms with Gasteiger partial charge in [0.05, 0.1) is 6.42 Å². The highest BCUT2D eigenvalue weighted by molar-refractivity contribution is 5.95. The molecule has 8 saturated carbocycles. The molecule has 6 heteroatoms. The topological polar surface area (TPSA) is 84.5 Å². The first-order valence-electron chi connectivity index (χ1n) is 12.6. The zero-order valence-corrected chi connectivity index (χ0v) is 18.5. The number of imide groups is 1. The largest absolute Gasteiger partial charge is 0.456 e. The second-order valence-corrected chi connectivity index (χ2v) is 12.5. The van der Waals surface area contributed by atoms with Gasteiger partial charge in [0.15, 0.2) is 6.61 Å². The van der Waals surface area contributed by atoms with Gasteiger partial charge < -0.3 is 10.1 Å². The molecular formula is C25H36N2O4. The van der Waals surface area contributed by atoms with E-state index in [1.54, 1.807) is 0 Å². The van der Waals surface area contributed by atoms with Gasteiger partial charge in [-0.25, -0.2) is 4.79 Å². The zero-order chi connectivity index (χ0) is 21.2. The minimum absolute atomic E-state index is 0.109. The second-order valence-electron chi connectivity index (χ2n) is 12.5. The number of carbonyl (C=O) groups excluding carboxylic acids is 3. The summed E-state index contributed by atoms with van der Waals surface area (Å²) in [7, 11) is 0. The molecule has 31 heavy (non-hydrogen) atoms. The van der Waals surface area contributed by atoms with Crippen molar-refractivity contribution < 1.29 is 19.1 Å². The standard InChI is InChI=1S/C25H36N2O4/c28-21(26-23(30)27-25-10-18-4-19(11-25)6-20(5-18)12-25)14-31-22(29)13-24-7-15-1-16(8-24)3-17(2-15)9-24/h15-20H,1-14H2,(H2,26,27,28,30). The predicted octanol–water partition coefficient (Wildman–Crippen LogP) is 3.93. The van der Waals surface area contributed by atoms with Crippen molar-refractivity contribution in [3.63, 3.8) is 0 Å². The summed E-state index contributed by atoms with van der Waals surface area (Å²) in [5.74, 6) is 3.75. The van der Waals surface area contributed by atoms with Crippen LogP contribution in [0.4, 0.5) is 4.79 Å². The summed E-state index contributed by atoms with van der Waals surface area (Å²) in [6.07, 6.45) is 14.9. The molecule has 6 nitrogen and oxygen atoms in total. The van der Waals surface area contributed by atoms with Gasteiger partial charge in [0, 0.05) is 5.54 Å². The van der Waals surface area contributed by atoms with Gasteiger partial charge in [-0.3, -0.25) is 14.9 Å². The molecule has 8 rings (SSSR count). The van der Waals surface area contributed by atoms with Gasteiger partial charge in [-0.1, -0.05) is 0 Å². The molecule has 0 aromatic heterocycles. The summed E-state index contributed by atoms with van der Waals surface area (Å²) in [6.45, 7) is -0.362. The highest BCUT2D eigenvalue weighted by atomic mass is 16.5. The maximum Gasteiger partial charge on any atom is 0.321 e. The smallest absolute Gasteiger partial charge is 0.321 e. The molecule has 2 N–H and O–H groups in total. The lowest BCUT2D eigenvalue weighted by Crippen LogP contribution is -2.62. The molecule has 0 atom stereocenters. The summed E-state index contributed by atoms with van der Waals surface area (Å²) in [5.41, 5.74) is -0.0213. The Hall–Kier alpha value is -1.59. The fourth-order valence-corrected chi connectivity index (χ4v) is 9.71. The lowest BCUT2D eigenvalue weighted by atomic mass is 9.49. The van der Waals surface area contributed by atoms with E-state index < -0.39 is 11.9 Å². The number of urea groups is 1. The zero-order valence-electron chi connectivity index (χ0n) is 18.5. The van der Waals surface area contributed by atoms with Crippen LogP contribution in [-0.4, -0.2) is 30.1 Å². The average molecular weight is 429 g/mol. The van der Waals surface area contributed by atoms with Gasteiger partial charge in [-0.2, -0.15) is 0 Å². The van der Waals surface area contributed by atoms with Crippen molar-refractivity contribution >= 4 is 17.9 Å². The van der Waals surface area contributed by atoms with Crippen molar-refractivity contribution in [2.24, 2.45) is 40.9 Å². The van der Waals surface area contributed by atoms with Gasteiger partial charge in [-0.15, -0.1) is 0 Å². The number of hydrogen-bond donors (Lipinski definition) is 2. The number of hydrogen-bond acceptors (Lipinski definition) is 4. The highest BCUT2D eigenvalue weighted by Crippen LogP contribution is 2.61. The molecule has 0 unspecified atom stereocenters. The van der Waals surface area contributed by atoms with E-state index in [2.05, 4.69) is 10.6 Å². The summed E-state index contributed by atoms with van der Waals surface area (Å²) in [6, 6.07) is -0.427. The van der Waals surface area contributed by atoms with E-state index in [4.69, 9.17) is 4.74 Å². The average Bonchev–Trinajstić information content (AvgIpc) is 2.63. The van der Waals surface area contributed by atoms with E-state index in [0.717, 1.165) is 74.0 Å². The van der Waals surface area contributed by atoms with Gasteiger partial charge in [0.1, 0.15) is 0 Å². The summed E-state index contributed by atoms with van der Waals surface area (Å²) < 4.78 is 5.31. The normalized spacial score (nSPS) is 46.1. The van der Waals surface area contributed by atoms with E-state index in [1.165, 1.54) is 38.5 Å². The summed E-state index contributed by atoms with van der Waals surface area (Å²) in [4.78, 5) is 37.3. The summed E-state index contributed by atoms with van der Waals surface area (Å²) >= 11 is 0. The molecule has 170 valence electrons. The molecule has 0 aromatic carbocycles. The van der Waals surface area contributed by atoms with Gasteiger partial charge in [0.25, 0.3) is 5.91 Å². The highest BCUT2D eigenvalue weighted by Gasteiger charge is 2.52. The third-order valence-corrected chi connectivity index (χ3v) is 9.72. The number of amides is 3. The third-order valence-electron chi connectivity index (χ3n) is 9.72. The van der Waals surface area contributed by atoms with E-state index in [9.17, 15) is 14.4 Å². The number of rotatable bonds is 5. The van der Waals surface area contributed by atoms with Crippen molar-refractivity contribution in [2.45, 2.75) is 89.0 Å². The fourth-order valence-electron chi connectivity index (χ4n) is 9.71. The number of esters is 1. The Morgan fingerprint density at radius 1 is 0.710 bits per heavy atom. The van der Waals surface area contributed by atoms with Crippen LogP contribution >= 0.6 is 0 Å². The van der Waals surface area contributed by atoms with Gasteiger partial charge in [-0.05, 0) is 118 Å². The molecular weight excluding hydrogens is 392 g/mol. The van der Waals surface area contributed by atoms with Crippen LogP contribution < -0.4 is 10.6 Å². The van der Waals surface area contributed by atoms with Crippen molar-refractivity contribution in [2.75, 3.05) is 6.61 Å². The van der Waals surface area contributed by atoms with Crippen LogP contribution in [0, 0.1) is 40.9 Å². The molecule has 8 aliphatic carbocycles. The number of ether oxygens (including phenoxy) is 1. The monoisotopic (exact) mass is 428 g/mol. The van der Waals surface area contributed by atoms with Crippen molar-refractivity contribution in [3.8, 4) is 0 Å². The lowest BCUT2D eigenvalue weighted by Gasteiger charge is -2.56. The Balaban J connectivity index is 0.968. The summed E-state index contributed by atoms with van der Waals surface area (Å²) in [5, 5.41) is 5.54. The number of carbonyl (C=O) groups is 3. The minimum atomic E-state index is -0.527. The van der Waals surface area contributed by atoms with E-state index in [-0.39, 0.29) is 23.5 Å². The number of nitrogens with one attached hydrogen (secondary N) is 2. The van der Waals surface area contributed by atoms with Crippen LogP contribution in [0.25, 0.3) is 0 Å². The SMILES string of the molecule is O=C(COC(=O)CC12CC3CC(CC(C3)C1)C2)NC(=O)NC12CC3CC(CC(C3)C1)C2. The molecule has 8 aliphatic rings. The Morgan fingerprint density at radius 3 is 1.65 bits per heavy atom. The van der Waals surface area contributed by atoms with Gasteiger partial charge >= 0.3 is 12.0 Å². The predicted molar refractivity (Wildman–Crippen MR) is 114 cm³/mol. The van der Waals surface area contributed by atoms with Crippen molar-refractivity contribution in [1.82, 2.24) is 10.6 Å². The molecule has 0 saturated heterocycles. The fraction of sp³-hybridized carbons (Fsp3) is 0.880. The van der Waals surface area contributed by atoms with Crippen LogP contribution in [0.2, 0.25) is 0 Å². The Bertz CT molecular complexity index is 720. The molecule has 0 aliphatic heterocycles. The van der Waals surface area contributed by atoms with E-state index >= 15 is 0 Å². The van der Waals surface area contributed by atoms with Crippen LogP contribution in [0.3, 0.4) is 0 Å². The van der Waals surface area contributed by atoms with Crippen molar-refractivity contribution in [3.05, 3.63) is 0 Å². The molecule has 0 aromatic rings. The second kappa shape index (κ2) is 7.21. The molecule has 0 spiro atoms. The Kier molecular flexibility index (Phi) is 4.66. The maximum absolute atomic E-state index is 12.5. The Morgan fingerprint density at radius 2 is 1.16 bits per heavy atom. The molecule has 3 amide bonds. The van der Waals surface area contributed by atoms with E-state index in [1.807, 2.05) is 0 Å². The lowest BCUT2D eigenvalue weighted by molar-refractivity contribution is -0.155. The van der Waals surface area contributed by atoms with E-state index in [0.29, 0.717) is 6.42 Å².